The molecule has 1 N–H and O–H groups in total. The molecule has 0 saturated carbocycles. The van der Waals surface area contributed by atoms with E-state index >= 15 is 0 Å². The van der Waals surface area contributed by atoms with Crippen LogP contribution in [0.2, 0.25) is 0 Å². The SMILES string of the molecule is CCn1cc(C(=O)Nc2ccn(Cc3cccc(F)c3)n2)c(C)n1. The first-order valence-electron chi connectivity index (χ1n) is 7.68. The highest BCUT2D eigenvalue weighted by Gasteiger charge is 2.14. The third-order valence-electron chi connectivity index (χ3n) is 3.63. The van der Waals surface area contributed by atoms with E-state index in [0.717, 1.165) is 5.56 Å². The van der Waals surface area contributed by atoms with Crippen molar-refractivity contribution in [3.05, 3.63) is 65.4 Å². The standard InChI is InChI=1S/C17H18FN5O/c1-3-22-11-15(12(2)20-22)17(24)19-16-7-8-23(21-16)10-13-5-4-6-14(18)9-13/h4-9,11H,3,10H2,1-2H3,(H,19,21,24). The molecule has 24 heavy (non-hydrogen) atoms. The van der Waals surface area contributed by atoms with Gasteiger partial charge in [0.15, 0.2) is 5.82 Å². The number of rotatable bonds is 5. The predicted octanol–water partition coefficient (Wildman–Crippen LogP) is 2.85. The van der Waals surface area contributed by atoms with Crippen LogP contribution in [0.3, 0.4) is 0 Å². The molecule has 0 radical (unpaired) electrons. The summed E-state index contributed by atoms with van der Waals surface area (Å²) in [6.07, 6.45) is 3.46. The van der Waals surface area contributed by atoms with E-state index in [1.165, 1.54) is 12.1 Å². The molecule has 0 aliphatic heterocycles. The fraction of sp³-hybridized carbons (Fsp3) is 0.235. The highest BCUT2D eigenvalue weighted by atomic mass is 19.1. The maximum absolute atomic E-state index is 13.2. The maximum atomic E-state index is 13.2. The Kier molecular flexibility index (Phi) is 4.41. The lowest BCUT2D eigenvalue weighted by atomic mass is 10.2. The number of benzene rings is 1. The highest BCUT2D eigenvalue weighted by molar-refractivity contribution is 6.04. The van der Waals surface area contributed by atoms with Crippen molar-refractivity contribution in [1.82, 2.24) is 19.6 Å². The second-order valence-electron chi connectivity index (χ2n) is 5.47. The molecule has 7 heteroatoms. The molecule has 2 aromatic heterocycles. The van der Waals surface area contributed by atoms with Crippen LogP contribution in [-0.4, -0.2) is 25.5 Å². The van der Waals surface area contributed by atoms with Gasteiger partial charge in [-0.25, -0.2) is 4.39 Å². The lowest BCUT2D eigenvalue weighted by molar-refractivity contribution is 0.102. The Bertz CT molecular complexity index is 868. The van der Waals surface area contributed by atoms with Gasteiger partial charge in [-0.1, -0.05) is 12.1 Å². The number of nitrogens with zero attached hydrogens (tertiary/aromatic N) is 4. The molecular weight excluding hydrogens is 309 g/mol. The summed E-state index contributed by atoms with van der Waals surface area (Å²) in [5.41, 5.74) is 2.00. The van der Waals surface area contributed by atoms with Crippen LogP contribution in [0.5, 0.6) is 0 Å². The molecule has 0 atom stereocenters. The fourth-order valence-electron chi connectivity index (χ4n) is 2.43. The van der Waals surface area contributed by atoms with E-state index in [1.54, 1.807) is 40.8 Å². The number of carbonyl (C=O) groups excluding carboxylic acids is 1. The first-order chi connectivity index (χ1) is 11.5. The zero-order valence-corrected chi connectivity index (χ0v) is 13.5. The van der Waals surface area contributed by atoms with Crippen LogP contribution >= 0.6 is 0 Å². The number of halogens is 1. The van der Waals surface area contributed by atoms with E-state index < -0.39 is 0 Å². The van der Waals surface area contributed by atoms with Crippen molar-refractivity contribution in [2.75, 3.05) is 5.32 Å². The number of anilines is 1. The predicted molar refractivity (Wildman–Crippen MR) is 88.3 cm³/mol. The molecular formula is C17H18FN5O. The molecule has 124 valence electrons. The second kappa shape index (κ2) is 6.66. The topological polar surface area (TPSA) is 64.7 Å². The minimum absolute atomic E-state index is 0.247. The van der Waals surface area contributed by atoms with Gasteiger partial charge < -0.3 is 5.32 Å². The van der Waals surface area contributed by atoms with Crippen LogP contribution in [-0.2, 0) is 13.1 Å². The summed E-state index contributed by atoms with van der Waals surface area (Å²) < 4.78 is 16.6. The van der Waals surface area contributed by atoms with Gasteiger partial charge in [-0.05, 0) is 31.5 Å². The van der Waals surface area contributed by atoms with E-state index in [-0.39, 0.29) is 11.7 Å². The molecule has 0 aliphatic carbocycles. The van der Waals surface area contributed by atoms with Crippen molar-refractivity contribution in [1.29, 1.82) is 0 Å². The number of hydrogen-bond donors (Lipinski definition) is 1. The largest absolute Gasteiger partial charge is 0.305 e. The smallest absolute Gasteiger partial charge is 0.260 e. The van der Waals surface area contributed by atoms with E-state index in [0.29, 0.717) is 30.2 Å². The van der Waals surface area contributed by atoms with E-state index in [2.05, 4.69) is 15.5 Å². The second-order valence-corrected chi connectivity index (χ2v) is 5.47. The van der Waals surface area contributed by atoms with Gasteiger partial charge in [0.05, 0.1) is 17.8 Å². The summed E-state index contributed by atoms with van der Waals surface area (Å²) in [4.78, 5) is 12.3. The van der Waals surface area contributed by atoms with Crippen LogP contribution in [0.25, 0.3) is 0 Å². The number of amides is 1. The minimum Gasteiger partial charge on any atom is -0.305 e. The Balaban J connectivity index is 1.69. The van der Waals surface area contributed by atoms with Crippen molar-refractivity contribution in [2.45, 2.75) is 26.9 Å². The van der Waals surface area contributed by atoms with Crippen molar-refractivity contribution < 1.29 is 9.18 Å². The summed E-state index contributed by atoms with van der Waals surface area (Å²) in [5, 5.41) is 11.3. The first kappa shape index (κ1) is 15.9. The molecule has 1 amide bonds. The Morgan fingerprint density at radius 3 is 2.79 bits per heavy atom. The first-order valence-corrected chi connectivity index (χ1v) is 7.68. The Hall–Kier alpha value is -2.96. The normalized spacial score (nSPS) is 10.8. The molecule has 2 heterocycles. The number of aromatic nitrogens is 4. The average molecular weight is 327 g/mol. The van der Waals surface area contributed by atoms with Gasteiger partial charge in [0.2, 0.25) is 0 Å². The van der Waals surface area contributed by atoms with Gasteiger partial charge in [-0.2, -0.15) is 10.2 Å². The minimum atomic E-state index is -0.281. The van der Waals surface area contributed by atoms with Crippen LogP contribution in [0.4, 0.5) is 10.2 Å². The molecule has 0 unspecified atom stereocenters. The van der Waals surface area contributed by atoms with Crippen LogP contribution < -0.4 is 5.32 Å². The molecule has 6 nitrogen and oxygen atoms in total. The molecule has 3 aromatic rings. The van der Waals surface area contributed by atoms with Gasteiger partial charge in [-0.3, -0.25) is 14.2 Å². The van der Waals surface area contributed by atoms with Gasteiger partial charge >= 0.3 is 0 Å². The number of carbonyl (C=O) groups is 1. The lowest BCUT2D eigenvalue weighted by Gasteiger charge is -2.03. The molecule has 0 aliphatic rings. The molecule has 0 bridgehead atoms. The number of hydrogen-bond acceptors (Lipinski definition) is 3. The van der Waals surface area contributed by atoms with Crippen molar-refractivity contribution in [3.63, 3.8) is 0 Å². The molecule has 0 saturated heterocycles. The summed E-state index contributed by atoms with van der Waals surface area (Å²) in [6, 6.07) is 8.05. The third-order valence-corrected chi connectivity index (χ3v) is 3.63. The molecule has 0 spiro atoms. The van der Waals surface area contributed by atoms with Gasteiger partial charge in [-0.15, -0.1) is 0 Å². The molecule has 1 aromatic carbocycles. The Morgan fingerprint density at radius 2 is 2.08 bits per heavy atom. The van der Waals surface area contributed by atoms with E-state index in [1.807, 2.05) is 13.0 Å². The van der Waals surface area contributed by atoms with Gasteiger partial charge in [0.1, 0.15) is 5.82 Å². The average Bonchev–Trinajstić information content (AvgIpc) is 3.13. The molecule has 3 rings (SSSR count). The zero-order valence-electron chi connectivity index (χ0n) is 13.5. The van der Waals surface area contributed by atoms with Crippen molar-refractivity contribution in [3.8, 4) is 0 Å². The van der Waals surface area contributed by atoms with Gasteiger partial charge in [0.25, 0.3) is 5.91 Å². The summed E-state index contributed by atoms with van der Waals surface area (Å²) in [7, 11) is 0. The van der Waals surface area contributed by atoms with Crippen LogP contribution in [0.15, 0.2) is 42.7 Å². The maximum Gasteiger partial charge on any atom is 0.260 e. The highest BCUT2D eigenvalue weighted by Crippen LogP contribution is 2.11. The Morgan fingerprint density at radius 1 is 1.25 bits per heavy atom. The van der Waals surface area contributed by atoms with Crippen molar-refractivity contribution in [2.24, 2.45) is 0 Å². The van der Waals surface area contributed by atoms with Crippen LogP contribution in [0, 0.1) is 12.7 Å². The third kappa shape index (κ3) is 3.51. The van der Waals surface area contributed by atoms with Crippen molar-refractivity contribution >= 4 is 11.7 Å². The number of nitrogens with one attached hydrogen (secondary N) is 1. The zero-order chi connectivity index (χ0) is 17.1. The summed E-state index contributed by atoms with van der Waals surface area (Å²) in [5.74, 6) is -0.0835. The monoisotopic (exact) mass is 327 g/mol. The van der Waals surface area contributed by atoms with E-state index in [9.17, 15) is 9.18 Å². The molecule has 0 fully saturated rings. The van der Waals surface area contributed by atoms with Crippen LogP contribution in [0.1, 0.15) is 28.5 Å². The summed E-state index contributed by atoms with van der Waals surface area (Å²) in [6.45, 7) is 4.89. The summed E-state index contributed by atoms with van der Waals surface area (Å²) >= 11 is 0. The van der Waals surface area contributed by atoms with Gasteiger partial charge in [0, 0.05) is 25.0 Å². The number of aryl methyl sites for hydroxylation is 2. The fourth-order valence-corrected chi connectivity index (χ4v) is 2.43. The quantitative estimate of drug-likeness (QED) is 0.784. The Labute approximate surface area is 138 Å². The lowest BCUT2D eigenvalue weighted by Crippen LogP contribution is -2.13. The van der Waals surface area contributed by atoms with E-state index in [4.69, 9.17) is 0 Å².